The van der Waals surface area contributed by atoms with Crippen molar-refractivity contribution in [2.75, 3.05) is 7.11 Å². The van der Waals surface area contributed by atoms with Crippen LogP contribution in [-0.4, -0.2) is 14.1 Å². The molecule has 0 bridgehead atoms. The van der Waals surface area contributed by atoms with Gasteiger partial charge < -0.3 is 17.7 Å². The second kappa shape index (κ2) is 4.23. The molecule has 1 aromatic rings. The molecular weight excluding hydrogens is 215 g/mol. The zero-order chi connectivity index (χ0) is 10.8. The van der Waals surface area contributed by atoms with Crippen LogP contribution >= 0.6 is 11.6 Å². The third-order valence-electron chi connectivity index (χ3n) is 1.67. The molecule has 0 amide bonds. The molecule has 0 unspecified atom stereocenters. The number of benzene rings is 1. The van der Waals surface area contributed by atoms with E-state index in [0.29, 0.717) is 5.56 Å². The van der Waals surface area contributed by atoms with Crippen molar-refractivity contribution in [1.82, 2.24) is 0 Å². The van der Waals surface area contributed by atoms with Crippen LogP contribution in [0.5, 0.6) is 0 Å². The lowest BCUT2D eigenvalue weighted by Crippen LogP contribution is -2.34. The fourth-order valence-electron chi connectivity index (χ4n) is 1.11. The molecule has 0 radical (unpaired) electrons. The summed E-state index contributed by atoms with van der Waals surface area (Å²) >= 11 is 5.55. The van der Waals surface area contributed by atoms with Crippen LogP contribution in [0.4, 0.5) is 12.9 Å². The van der Waals surface area contributed by atoms with Gasteiger partial charge in [0, 0.05) is 12.1 Å². The second-order valence-corrected chi connectivity index (χ2v) is 3.34. The van der Waals surface area contributed by atoms with E-state index in [2.05, 4.69) is 0 Å². The number of hydrogen-bond donors (Lipinski definition) is 0. The number of hydrogen-bond acceptors (Lipinski definition) is 1. The summed E-state index contributed by atoms with van der Waals surface area (Å²) in [6.45, 7) is -4.87. The molecule has 1 aromatic carbocycles. The number of halogens is 4. The first-order chi connectivity index (χ1) is 6.43. The van der Waals surface area contributed by atoms with Gasteiger partial charge in [-0.15, -0.1) is 5.46 Å². The van der Waals surface area contributed by atoms with Crippen molar-refractivity contribution < 1.29 is 17.7 Å². The van der Waals surface area contributed by atoms with Crippen LogP contribution in [0.1, 0.15) is 5.56 Å². The molecule has 0 fully saturated rings. The van der Waals surface area contributed by atoms with Gasteiger partial charge in [-0.3, -0.25) is 0 Å². The molecule has 6 heteroatoms. The Bertz CT molecular complexity index is 327. The van der Waals surface area contributed by atoms with Crippen LogP contribution in [-0.2, 0) is 11.3 Å². The summed E-state index contributed by atoms with van der Waals surface area (Å²) in [5.41, 5.74) is -0.265. The summed E-state index contributed by atoms with van der Waals surface area (Å²) in [6, 6.07) is 3.42. The largest absolute Gasteiger partial charge is 0.509 e. The Hall–Kier alpha value is -0.675. The van der Waals surface area contributed by atoms with E-state index in [1.54, 1.807) is 0 Å². The summed E-state index contributed by atoms with van der Waals surface area (Å²) in [7, 11) is 1.42. The zero-order valence-electron chi connectivity index (χ0n) is 7.44. The molecule has 1 nitrogen and oxygen atoms in total. The zero-order valence-corrected chi connectivity index (χ0v) is 8.19. The highest BCUT2D eigenvalue weighted by Crippen LogP contribution is 2.16. The van der Waals surface area contributed by atoms with Crippen molar-refractivity contribution >= 4 is 24.0 Å². The average molecular weight is 223 g/mol. The highest BCUT2D eigenvalue weighted by atomic mass is 35.5. The minimum atomic E-state index is -5.00. The fourth-order valence-corrected chi connectivity index (χ4v) is 1.38. The van der Waals surface area contributed by atoms with Crippen molar-refractivity contribution in [2.45, 2.75) is 6.61 Å². The second-order valence-electron chi connectivity index (χ2n) is 2.90. The van der Waals surface area contributed by atoms with E-state index in [0.717, 1.165) is 12.1 Å². The van der Waals surface area contributed by atoms with E-state index in [1.807, 2.05) is 0 Å². The normalized spacial score (nSPS) is 11.8. The molecule has 0 saturated heterocycles. The SMILES string of the molecule is COCc1cc(Cl)cc([B-](F)(F)F)c1. The Balaban J connectivity index is 3.07. The maximum absolute atomic E-state index is 12.4. The molecule has 0 aliphatic carbocycles. The van der Waals surface area contributed by atoms with Gasteiger partial charge >= 0.3 is 6.98 Å². The van der Waals surface area contributed by atoms with Gasteiger partial charge in [0.1, 0.15) is 0 Å². The predicted octanol–water partition coefficient (Wildman–Crippen LogP) is 2.54. The van der Waals surface area contributed by atoms with Crippen molar-refractivity contribution in [1.29, 1.82) is 0 Å². The van der Waals surface area contributed by atoms with Crippen LogP contribution in [0.15, 0.2) is 18.2 Å². The Labute approximate surface area is 84.9 Å². The minimum absolute atomic E-state index is 0.0775. The van der Waals surface area contributed by atoms with Crippen molar-refractivity contribution in [3.63, 3.8) is 0 Å². The molecule has 0 atom stereocenters. The highest BCUT2D eigenvalue weighted by Gasteiger charge is 2.25. The smallest absolute Gasteiger partial charge is 0.445 e. The molecule has 78 valence electrons. The van der Waals surface area contributed by atoms with Crippen molar-refractivity contribution in [2.24, 2.45) is 0 Å². The van der Waals surface area contributed by atoms with Gasteiger partial charge in [-0.25, -0.2) is 0 Å². The first-order valence-corrected chi connectivity index (χ1v) is 4.29. The fraction of sp³-hybridized carbons (Fsp3) is 0.250. The van der Waals surface area contributed by atoms with Crippen molar-refractivity contribution in [3.05, 3.63) is 28.8 Å². The molecule has 0 aliphatic heterocycles. The molecule has 0 heterocycles. The molecule has 1 rings (SSSR count). The van der Waals surface area contributed by atoms with Gasteiger partial charge in [-0.05, 0) is 11.6 Å². The van der Waals surface area contributed by atoms with Gasteiger partial charge in [0.15, 0.2) is 0 Å². The lowest BCUT2D eigenvalue weighted by atomic mass is 9.79. The molecule has 0 saturated carbocycles. The predicted molar refractivity (Wildman–Crippen MR) is 50.9 cm³/mol. The molecule has 0 N–H and O–H groups in total. The van der Waals surface area contributed by atoms with Gasteiger partial charge in [0.05, 0.1) is 6.61 Å². The van der Waals surface area contributed by atoms with Gasteiger partial charge in [-0.1, -0.05) is 23.7 Å². The topological polar surface area (TPSA) is 9.23 Å². The Morgan fingerprint density at radius 1 is 1.29 bits per heavy atom. The molecular formula is C8H8BClF3O-. The Morgan fingerprint density at radius 3 is 2.43 bits per heavy atom. The third kappa shape index (κ3) is 2.92. The Kier molecular flexibility index (Phi) is 3.45. The maximum Gasteiger partial charge on any atom is 0.509 e. The van der Waals surface area contributed by atoms with E-state index in [-0.39, 0.29) is 11.6 Å². The lowest BCUT2D eigenvalue weighted by molar-refractivity contribution is 0.185. The van der Waals surface area contributed by atoms with E-state index < -0.39 is 12.4 Å². The van der Waals surface area contributed by atoms with E-state index in [1.165, 1.54) is 13.2 Å². The van der Waals surface area contributed by atoms with Gasteiger partial charge in [0.2, 0.25) is 0 Å². The molecule has 14 heavy (non-hydrogen) atoms. The first-order valence-electron chi connectivity index (χ1n) is 3.91. The van der Waals surface area contributed by atoms with E-state index in [9.17, 15) is 12.9 Å². The first kappa shape index (κ1) is 11.4. The molecule has 0 aliphatic rings. The summed E-state index contributed by atoms with van der Waals surface area (Å²) in [4.78, 5) is 0. The van der Waals surface area contributed by atoms with Crippen LogP contribution < -0.4 is 5.46 Å². The van der Waals surface area contributed by atoms with Crippen LogP contribution in [0.3, 0.4) is 0 Å². The average Bonchev–Trinajstić information content (AvgIpc) is 2.02. The van der Waals surface area contributed by atoms with Crippen LogP contribution in [0, 0.1) is 0 Å². The summed E-state index contributed by atoms with van der Waals surface area (Å²) < 4.78 is 41.8. The van der Waals surface area contributed by atoms with Gasteiger partial charge in [-0.2, -0.15) is 0 Å². The summed E-state index contributed by atoms with van der Waals surface area (Å²) in [5.74, 6) is 0. The molecule has 0 aromatic heterocycles. The number of rotatable bonds is 3. The number of ether oxygens (including phenoxy) is 1. The molecule has 0 spiro atoms. The van der Waals surface area contributed by atoms with E-state index >= 15 is 0 Å². The summed E-state index contributed by atoms with van der Waals surface area (Å²) in [6.07, 6.45) is 0. The third-order valence-corrected chi connectivity index (χ3v) is 1.89. The number of methoxy groups -OCH3 is 1. The quantitative estimate of drug-likeness (QED) is 0.716. The van der Waals surface area contributed by atoms with Crippen molar-refractivity contribution in [3.8, 4) is 0 Å². The van der Waals surface area contributed by atoms with Crippen LogP contribution in [0.2, 0.25) is 5.02 Å². The van der Waals surface area contributed by atoms with E-state index in [4.69, 9.17) is 16.3 Å². The lowest BCUT2D eigenvalue weighted by Gasteiger charge is -2.16. The highest BCUT2D eigenvalue weighted by molar-refractivity contribution is 6.73. The monoisotopic (exact) mass is 223 g/mol. The maximum atomic E-state index is 12.4. The van der Waals surface area contributed by atoms with Crippen LogP contribution in [0.25, 0.3) is 0 Å². The summed E-state index contributed by atoms with van der Waals surface area (Å²) in [5, 5.41) is 0.0775. The minimum Gasteiger partial charge on any atom is -0.445 e. The Morgan fingerprint density at radius 2 is 1.93 bits per heavy atom. The standard InChI is InChI=1S/C8H8BClF3O/c1-14-5-6-2-7(9(11,12)13)4-8(10)3-6/h2-4H,5H2,1H3/q-1. The van der Waals surface area contributed by atoms with Gasteiger partial charge in [0.25, 0.3) is 0 Å².